The van der Waals surface area contributed by atoms with Crippen LogP contribution in [0.2, 0.25) is 0 Å². The number of carbonyl (C=O) groups excluding carboxylic acids is 2. The fraction of sp³-hybridized carbons (Fsp3) is 0.200. The Bertz CT molecular complexity index is 870. The highest BCUT2D eigenvalue weighted by Gasteiger charge is 2.21. The molecule has 0 aliphatic carbocycles. The van der Waals surface area contributed by atoms with Crippen LogP contribution in [-0.4, -0.2) is 22.8 Å². The van der Waals surface area contributed by atoms with Gasteiger partial charge in [-0.1, -0.05) is 30.3 Å². The minimum absolute atomic E-state index is 0.0487. The molecule has 1 aromatic carbocycles. The third kappa shape index (κ3) is 4.21. The highest BCUT2D eigenvalue weighted by atomic mass is 32.1. The minimum atomic E-state index is -0.333. The molecule has 5 nitrogen and oxygen atoms in total. The van der Waals surface area contributed by atoms with Crippen LogP contribution in [0.3, 0.4) is 0 Å². The van der Waals surface area contributed by atoms with Gasteiger partial charge in [0.1, 0.15) is 0 Å². The van der Waals surface area contributed by atoms with E-state index in [1.54, 1.807) is 24.3 Å². The number of amides is 2. The minimum Gasteiger partial charge on any atom is -0.459 e. The third-order valence-corrected chi connectivity index (χ3v) is 4.87. The molecule has 0 unspecified atom stereocenters. The van der Waals surface area contributed by atoms with Crippen LogP contribution in [0.1, 0.15) is 39.6 Å². The molecule has 0 radical (unpaired) electrons. The lowest BCUT2D eigenvalue weighted by Gasteiger charge is -2.26. The molecule has 2 aromatic heterocycles. The number of hydrogen-bond acceptors (Lipinski definition) is 4. The Labute approximate surface area is 156 Å². The Morgan fingerprint density at radius 2 is 1.85 bits per heavy atom. The maximum Gasteiger partial charge on any atom is 0.291 e. The van der Waals surface area contributed by atoms with Gasteiger partial charge in [-0.05, 0) is 43.7 Å². The zero-order valence-electron chi connectivity index (χ0n) is 14.6. The normalized spacial score (nSPS) is 10.7. The summed E-state index contributed by atoms with van der Waals surface area (Å²) in [5, 5.41) is 3.36. The zero-order valence-corrected chi connectivity index (χ0v) is 15.5. The second kappa shape index (κ2) is 8.01. The molecule has 3 aromatic rings. The fourth-order valence-corrected chi connectivity index (χ4v) is 3.37. The molecule has 1 N–H and O–H groups in total. The van der Waals surface area contributed by atoms with Gasteiger partial charge in [0.2, 0.25) is 0 Å². The number of benzene rings is 1. The van der Waals surface area contributed by atoms with E-state index in [2.05, 4.69) is 5.32 Å². The quantitative estimate of drug-likeness (QED) is 0.689. The predicted molar refractivity (Wildman–Crippen MR) is 102 cm³/mol. The Morgan fingerprint density at radius 1 is 1.08 bits per heavy atom. The van der Waals surface area contributed by atoms with Crippen LogP contribution in [0.5, 0.6) is 0 Å². The maximum atomic E-state index is 12.9. The van der Waals surface area contributed by atoms with Crippen LogP contribution in [0.4, 0.5) is 5.00 Å². The SMILES string of the molecule is CC(C)N(Cc1ccccc1)C(=O)c1ccc(NC(=O)c2ccco2)s1. The zero-order chi connectivity index (χ0) is 18.5. The summed E-state index contributed by atoms with van der Waals surface area (Å²) in [6, 6.07) is 16.7. The van der Waals surface area contributed by atoms with E-state index in [0.29, 0.717) is 16.4 Å². The molecule has 0 aliphatic rings. The van der Waals surface area contributed by atoms with E-state index in [9.17, 15) is 9.59 Å². The lowest BCUT2D eigenvalue weighted by molar-refractivity contribution is 0.0695. The standard InChI is InChI=1S/C20H20N2O3S/c1-14(2)22(13-15-7-4-3-5-8-15)20(24)17-10-11-18(26-17)21-19(23)16-9-6-12-25-16/h3-12,14H,13H2,1-2H3,(H,21,23). The first kappa shape index (κ1) is 17.9. The predicted octanol–water partition coefficient (Wildman–Crippen LogP) is 4.64. The molecule has 3 rings (SSSR count). The van der Waals surface area contributed by atoms with E-state index in [-0.39, 0.29) is 23.6 Å². The van der Waals surface area contributed by atoms with E-state index >= 15 is 0 Å². The van der Waals surface area contributed by atoms with Crippen LogP contribution in [-0.2, 0) is 6.54 Å². The van der Waals surface area contributed by atoms with Gasteiger partial charge in [-0.15, -0.1) is 11.3 Å². The van der Waals surface area contributed by atoms with Crippen LogP contribution < -0.4 is 5.32 Å². The average molecular weight is 368 g/mol. The first-order valence-corrected chi connectivity index (χ1v) is 9.16. The molecule has 6 heteroatoms. The second-order valence-electron chi connectivity index (χ2n) is 6.11. The van der Waals surface area contributed by atoms with Crippen molar-refractivity contribution in [2.75, 3.05) is 5.32 Å². The summed E-state index contributed by atoms with van der Waals surface area (Å²) in [6.07, 6.45) is 1.45. The number of nitrogens with zero attached hydrogens (tertiary/aromatic N) is 1. The number of thiophene rings is 1. The van der Waals surface area contributed by atoms with Crippen molar-refractivity contribution >= 4 is 28.2 Å². The van der Waals surface area contributed by atoms with Crippen molar-refractivity contribution in [3.8, 4) is 0 Å². The summed E-state index contributed by atoms with van der Waals surface area (Å²) in [6.45, 7) is 4.53. The van der Waals surface area contributed by atoms with Crippen molar-refractivity contribution in [2.24, 2.45) is 0 Å². The van der Waals surface area contributed by atoms with E-state index in [1.807, 2.05) is 49.1 Å². The molecular weight excluding hydrogens is 348 g/mol. The van der Waals surface area contributed by atoms with Crippen molar-refractivity contribution in [3.05, 3.63) is 77.1 Å². The van der Waals surface area contributed by atoms with Crippen molar-refractivity contribution in [3.63, 3.8) is 0 Å². The van der Waals surface area contributed by atoms with Crippen molar-refractivity contribution < 1.29 is 14.0 Å². The largest absolute Gasteiger partial charge is 0.459 e. The van der Waals surface area contributed by atoms with Crippen molar-refractivity contribution in [1.29, 1.82) is 0 Å². The van der Waals surface area contributed by atoms with Gasteiger partial charge in [0.25, 0.3) is 11.8 Å². The topological polar surface area (TPSA) is 62.6 Å². The number of anilines is 1. The first-order valence-electron chi connectivity index (χ1n) is 8.34. The van der Waals surface area contributed by atoms with Crippen molar-refractivity contribution in [1.82, 2.24) is 4.90 Å². The molecule has 0 fully saturated rings. The van der Waals surface area contributed by atoms with Crippen LogP contribution in [0.25, 0.3) is 0 Å². The average Bonchev–Trinajstić information content (AvgIpc) is 3.31. The number of nitrogens with one attached hydrogen (secondary N) is 1. The molecule has 0 atom stereocenters. The summed E-state index contributed by atoms with van der Waals surface area (Å²) >= 11 is 1.26. The second-order valence-corrected chi connectivity index (χ2v) is 7.19. The van der Waals surface area contributed by atoms with Crippen LogP contribution >= 0.6 is 11.3 Å². The lowest BCUT2D eigenvalue weighted by atomic mass is 10.2. The van der Waals surface area contributed by atoms with E-state index < -0.39 is 0 Å². The molecule has 0 bridgehead atoms. The molecule has 0 saturated heterocycles. The number of rotatable bonds is 6. The van der Waals surface area contributed by atoms with Gasteiger partial charge in [-0.3, -0.25) is 9.59 Å². The Balaban J connectivity index is 1.72. The van der Waals surface area contributed by atoms with Gasteiger partial charge >= 0.3 is 0 Å². The Kier molecular flexibility index (Phi) is 5.53. The van der Waals surface area contributed by atoms with Gasteiger partial charge in [0, 0.05) is 12.6 Å². The van der Waals surface area contributed by atoms with E-state index in [4.69, 9.17) is 4.42 Å². The number of hydrogen-bond donors (Lipinski definition) is 1. The first-order chi connectivity index (χ1) is 12.5. The Morgan fingerprint density at radius 3 is 2.50 bits per heavy atom. The van der Waals surface area contributed by atoms with Gasteiger partial charge in [-0.2, -0.15) is 0 Å². The highest BCUT2D eigenvalue weighted by molar-refractivity contribution is 7.18. The fourth-order valence-electron chi connectivity index (χ4n) is 2.51. The maximum absolute atomic E-state index is 12.9. The molecule has 2 amide bonds. The molecular formula is C20H20N2O3S. The molecule has 134 valence electrons. The lowest BCUT2D eigenvalue weighted by Crippen LogP contribution is -2.35. The highest BCUT2D eigenvalue weighted by Crippen LogP contribution is 2.25. The molecule has 0 aliphatic heterocycles. The summed E-state index contributed by atoms with van der Waals surface area (Å²) in [5.41, 5.74) is 1.08. The third-order valence-electron chi connectivity index (χ3n) is 3.88. The molecule has 2 heterocycles. The van der Waals surface area contributed by atoms with Gasteiger partial charge < -0.3 is 14.6 Å². The van der Waals surface area contributed by atoms with Gasteiger partial charge in [0.05, 0.1) is 16.1 Å². The smallest absolute Gasteiger partial charge is 0.291 e. The summed E-state index contributed by atoms with van der Waals surface area (Å²) in [5.74, 6) is -0.146. The summed E-state index contributed by atoms with van der Waals surface area (Å²) in [4.78, 5) is 27.4. The summed E-state index contributed by atoms with van der Waals surface area (Å²) < 4.78 is 5.08. The van der Waals surface area contributed by atoms with Crippen LogP contribution in [0.15, 0.2) is 65.3 Å². The van der Waals surface area contributed by atoms with Gasteiger partial charge in [0.15, 0.2) is 5.76 Å². The number of carbonyl (C=O) groups is 2. The monoisotopic (exact) mass is 368 g/mol. The van der Waals surface area contributed by atoms with Crippen LogP contribution in [0, 0.1) is 0 Å². The molecule has 0 saturated carbocycles. The van der Waals surface area contributed by atoms with Crippen molar-refractivity contribution in [2.45, 2.75) is 26.4 Å². The molecule has 26 heavy (non-hydrogen) atoms. The number of furan rings is 1. The molecule has 0 spiro atoms. The van der Waals surface area contributed by atoms with Gasteiger partial charge in [-0.25, -0.2) is 0 Å². The summed E-state index contributed by atoms with van der Waals surface area (Å²) in [7, 11) is 0. The Hall–Kier alpha value is -2.86. The van der Waals surface area contributed by atoms with E-state index in [1.165, 1.54) is 17.6 Å². The van der Waals surface area contributed by atoms with E-state index in [0.717, 1.165) is 5.56 Å².